The van der Waals surface area contributed by atoms with Gasteiger partial charge in [0, 0.05) is 22.8 Å². The second-order valence-corrected chi connectivity index (χ2v) is 9.97. The van der Waals surface area contributed by atoms with Crippen LogP contribution in [0.2, 0.25) is 5.02 Å². The topological polar surface area (TPSA) is 90.3 Å². The first-order valence-electron chi connectivity index (χ1n) is 11.5. The van der Waals surface area contributed by atoms with E-state index in [2.05, 4.69) is 22.5 Å². The average molecular weight is 512 g/mol. The Morgan fingerprint density at radius 2 is 2.00 bits per heavy atom. The lowest BCUT2D eigenvalue weighted by Gasteiger charge is -2.29. The molecule has 0 radical (unpaired) electrons. The fourth-order valence-electron chi connectivity index (χ4n) is 4.14. The fraction of sp³-hybridized carbons (Fsp3) is 0.320. The van der Waals surface area contributed by atoms with Gasteiger partial charge in [0.05, 0.1) is 18.8 Å². The van der Waals surface area contributed by atoms with E-state index in [1.54, 1.807) is 22.5 Å². The number of aromatic nitrogens is 3. The Kier molecular flexibility index (Phi) is 6.62. The van der Waals surface area contributed by atoms with Crippen molar-refractivity contribution in [3.05, 3.63) is 63.8 Å². The van der Waals surface area contributed by atoms with Crippen LogP contribution in [0.3, 0.4) is 0 Å². The Bertz CT molecular complexity index is 1320. The highest BCUT2D eigenvalue weighted by Gasteiger charge is 2.35. The van der Waals surface area contributed by atoms with E-state index in [-0.39, 0.29) is 5.91 Å². The van der Waals surface area contributed by atoms with Gasteiger partial charge in [-0.05, 0) is 55.0 Å². The molecule has 2 aromatic carbocycles. The fourth-order valence-corrected chi connectivity index (χ4v) is 4.88. The molecule has 35 heavy (non-hydrogen) atoms. The van der Waals surface area contributed by atoms with E-state index >= 15 is 0 Å². The third-order valence-electron chi connectivity index (χ3n) is 5.87. The summed E-state index contributed by atoms with van der Waals surface area (Å²) in [5.74, 6) is 2.53. The molecule has 3 heterocycles. The van der Waals surface area contributed by atoms with Crippen LogP contribution in [0, 0.1) is 6.92 Å². The van der Waals surface area contributed by atoms with Crippen molar-refractivity contribution in [2.24, 2.45) is 0 Å². The molecular weight excluding hydrogens is 486 g/mol. The first-order chi connectivity index (χ1) is 16.9. The number of hydrogen-bond donors (Lipinski definition) is 2. The van der Waals surface area contributed by atoms with Crippen LogP contribution in [0.1, 0.15) is 37.4 Å². The van der Waals surface area contributed by atoms with Crippen molar-refractivity contribution in [1.82, 2.24) is 14.8 Å². The van der Waals surface area contributed by atoms with Crippen molar-refractivity contribution in [2.75, 3.05) is 29.6 Å². The molecule has 8 nitrogen and oxygen atoms in total. The molecule has 1 amide bonds. The largest absolute Gasteiger partial charge is 0.490 e. The monoisotopic (exact) mass is 511 g/mol. The van der Waals surface area contributed by atoms with E-state index < -0.39 is 6.04 Å². The van der Waals surface area contributed by atoms with Crippen molar-refractivity contribution in [2.45, 2.75) is 38.4 Å². The molecule has 0 bridgehead atoms. The van der Waals surface area contributed by atoms with Gasteiger partial charge in [-0.25, -0.2) is 4.68 Å². The number of hydrogen-bond acceptors (Lipinski definition) is 7. The number of rotatable bonds is 5. The van der Waals surface area contributed by atoms with Gasteiger partial charge < -0.3 is 20.1 Å². The van der Waals surface area contributed by atoms with Crippen LogP contribution in [0.15, 0.2) is 52.8 Å². The maximum Gasteiger partial charge on any atom is 0.255 e. The highest BCUT2D eigenvalue weighted by Crippen LogP contribution is 2.40. The maximum atomic E-state index is 13.7. The molecule has 10 heteroatoms. The van der Waals surface area contributed by atoms with Crippen LogP contribution in [-0.4, -0.2) is 39.6 Å². The molecule has 182 valence electrons. The predicted octanol–water partition coefficient (Wildman–Crippen LogP) is 5.44. The second kappa shape index (κ2) is 9.83. The predicted molar refractivity (Wildman–Crippen MR) is 138 cm³/mol. The number of thioether (sulfide) groups is 1. The molecule has 0 saturated carbocycles. The van der Waals surface area contributed by atoms with Gasteiger partial charge in [-0.15, -0.1) is 5.10 Å². The van der Waals surface area contributed by atoms with Crippen LogP contribution in [-0.2, 0) is 4.79 Å². The van der Waals surface area contributed by atoms with Crippen molar-refractivity contribution >= 4 is 40.9 Å². The summed E-state index contributed by atoms with van der Waals surface area (Å²) in [5.41, 5.74) is 3.64. The summed E-state index contributed by atoms with van der Waals surface area (Å²) in [6.07, 6.45) is 0.813. The standard InChI is InChI=1S/C25H26ClN5O3S/c1-4-35-25-29-24-27-15(3)21(23(32)28-17-8-6-14(2)18(26)13-17)22(31(24)30-25)16-7-9-19-20(12-16)34-11-5-10-33-19/h6-9,12-13,22H,4-5,10-11H2,1-3H3,(H,28,32)(H,27,29,30). The van der Waals surface area contributed by atoms with E-state index in [1.807, 2.05) is 44.2 Å². The van der Waals surface area contributed by atoms with Gasteiger partial charge in [0.2, 0.25) is 11.1 Å². The van der Waals surface area contributed by atoms with Crippen LogP contribution in [0.25, 0.3) is 0 Å². The number of carbonyl (C=O) groups is 1. The van der Waals surface area contributed by atoms with E-state index in [4.69, 9.17) is 26.2 Å². The number of fused-ring (bicyclic) bond motifs is 2. The number of anilines is 2. The third-order valence-corrected chi connectivity index (χ3v) is 7.00. The molecule has 1 atom stereocenters. The Balaban J connectivity index is 1.57. The number of nitrogens with zero attached hydrogens (tertiary/aromatic N) is 3. The molecular formula is C25H26ClN5O3S. The number of aryl methyl sites for hydroxylation is 1. The summed E-state index contributed by atoms with van der Waals surface area (Å²) < 4.78 is 13.5. The number of benzene rings is 2. The van der Waals surface area contributed by atoms with Crippen LogP contribution < -0.4 is 20.1 Å². The summed E-state index contributed by atoms with van der Waals surface area (Å²) in [6.45, 7) is 7.03. The Hall–Kier alpha value is -3.17. The van der Waals surface area contributed by atoms with Gasteiger partial charge >= 0.3 is 0 Å². The molecule has 1 unspecified atom stereocenters. The van der Waals surface area contributed by atoms with E-state index in [1.165, 1.54) is 0 Å². The lowest BCUT2D eigenvalue weighted by molar-refractivity contribution is -0.113. The summed E-state index contributed by atoms with van der Waals surface area (Å²) in [6, 6.07) is 10.7. The van der Waals surface area contributed by atoms with Gasteiger partial charge in [-0.3, -0.25) is 4.79 Å². The molecule has 0 saturated heterocycles. The molecule has 2 aliphatic rings. The van der Waals surface area contributed by atoms with Gasteiger partial charge in [0.15, 0.2) is 11.5 Å². The molecule has 0 aliphatic carbocycles. The molecule has 2 N–H and O–H groups in total. The summed E-state index contributed by atoms with van der Waals surface area (Å²) >= 11 is 7.84. The SMILES string of the molecule is CCSc1nc2n(n1)C(c1ccc3c(c1)OCCCO3)C(C(=O)Nc1ccc(C)c(Cl)c1)=C(C)N2. The van der Waals surface area contributed by atoms with Crippen molar-refractivity contribution in [1.29, 1.82) is 0 Å². The smallest absolute Gasteiger partial charge is 0.255 e. The number of nitrogens with one attached hydrogen (secondary N) is 2. The second-order valence-electron chi connectivity index (χ2n) is 8.34. The van der Waals surface area contributed by atoms with Crippen molar-refractivity contribution < 1.29 is 14.3 Å². The molecule has 3 aromatic rings. The number of allylic oxidation sites excluding steroid dienone is 1. The Morgan fingerprint density at radius 3 is 2.77 bits per heavy atom. The zero-order valence-corrected chi connectivity index (χ0v) is 21.3. The number of ether oxygens (including phenoxy) is 2. The lowest BCUT2D eigenvalue weighted by Crippen LogP contribution is -2.31. The number of amides is 1. The highest BCUT2D eigenvalue weighted by atomic mass is 35.5. The average Bonchev–Trinajstić information content (AvgIpc) is 3.07. The quantitative estimate of drug-likeness (QED) is 0.441. The Labute approximate surface area is 213 Å². The molecule has 0 spiro atoms. The van der Waals surface area contributed by atoms with Crippen LogP contribution in [0.4, 0.5) is 11.6 Å². The molecule has 0 fully saturated rings. The summed E-state index contributed by atoms with van der Waals surface area (Å²) in [7, 11) is 0. The van der Waals surface area contributed by atoms with Gasteiger partial charge in [0.25, 0.3) is 5.91 Å². The number of carbonyl (C=O) groups excluding carboxylic acids is 1. The van der Waals surface area contributed by atoms with E-state index in [0.717, 1.165) is 23.3 Å². The first kappa shape index (κ1) is 23.6. The maximum absolute atomic E-state index is 13.7. The minimum atomic E-state index is -0.511. The lowest BCUT2D eigenvalue weighted by atomic mass is 9.94. The van der Waals surface area contributed by atoms with Crippen molar-refractivity contribution in [3.63, 3.8) is 0 Å². The zero-order chi connectivity index (χ0) is 24.5. The van der Waals surface area contributed by atoms with E-state index in [9.17, 15) is 4.79 Å². The molecule has 5 rings (SSSR count). The van der Waals surface area contributed by atoms with Crippen LogP contribution in [0.5, 0.6) is 11.5 Å². The zero-order valence-electron chi connectivity index (χ0n) is 19.7. The van der Waals surface area contributed by atoms with Crippen LogP contribution >= 0.6 is 23.4 Å². The summed E-state index contributed by atoms with van der Waals surface area (Å²) in [4.78, 5) is 18.3. The third kappa shape index (κ3) is 4.70. The molecule has 2 aliphatic heterocycles. The summed E-state index contributed by atoms with van der Waals surface area (Å²) in [5, 5.41) is 12.2. The van der Waals surface area contributed by atoms with E-state index in [0.29, 0.717) is 57.8 Å². The van der Waals surface area contributed by atoms with Crippen molar-refractivity contribution in [3.8, 4) is 11.5 Å². The first-order valence-corrected chi connectivity index (χ1v) is 12.8. The van der Waals surface area contributed by atoms with Gasteiger partial charge in [-0.2, -0.15) is 4.98 Å². The minimum Gasteiger partial charge on any atom is -0.490 e. The number of halogens is 1. The van der Waals surface area contributed by atoms with Gasteiger partial charge in [-0.1, -0.05) is 42.4 Å². The highest BCUT2D eigenvalue weighted by molar-refractivity contribution is 7.99. The minimum absolute atomic E-state index is 0.252. The molecule has 1 aromatic heterocycles. The Morgan fingerprint density at radius 1 is 1.20 bits per heavy atom. The van der Waals surface area contributed by atoms with Gasteiger partial charge in [0.1, 0.15) is 6.04 Å². The normalized spacial score (nSPS) is 16.9.